The van der Waals surface area contributed by atoms with E-state index in [4.69, 9.17) is 0 Å². The smallest absolute Gasteiger partial charge is 0.0367 e. The van der Waals surface area contributed by atoms with Crippen LogP contribution in [0.2, 0.25) is 0 Å². The third-order valence-corrected chi connectivity index (χ3v) is 5.32. The molecule has 1 heterocycles. The third kappa shape index (κ3) is 4.15. The van der Waals surface area contributed by atoms with Crippen LogP contribution in [-0.2, 0) is 0 Å². The van der Waals surface area contributed by atoms with Gasteiger partial charge in [0, 0.05) is 31.0 Å². The second kappa shape index (κ2) is 7.20. The van der Waals surface area contributed by atoms with E-state index in [0.29, 0.717) is 0 Å². The molecule has 1 saturated carbocycles. The zero-order chi connectivity index (χ0) is 14.5. The maximum Gasteiger partial charge on any atom is 0.0367 e. The van der Waals surface area contributed by atoms with Gasteiger partial charge in [0.1, 0.15) is 0 Å². The Kier molecular flexibility index (Phi) is 5.05. The van der Waals surface area contributed by atoms with Gasteiger partial charge in [-0.05, 0) is 68.2 Å². The van der Waals surface area contributed by atoms with Gasteiger partial charge in [-0.15, -0.1) is 0 Å². The molecule has 1 aromatic rings. The van der Waals surface area contributed by atoms with Crippen LogP contribution in [0.5, 0.6) is 0 Å². The zero-order valence-corrected chi connectivity index (χ0v) is 13.5. The summed E-state index contributed by atoms with van der Waals surface area (Å²) in [5.74, 6) is 1.83. The second-order valence-corrected chi connectivity index (χ2v) is 7.10. The fourth-order valence-corrected chi connectivity index (χ4v) is 3.74. The van der Waals surface area contributed by atoms with Crippen molar-refractivity contribution in [2.75, 3.05) is 29.9 Å². The van der Waals surface area contributed by atoms with E-state index in [0.717, 1.165) is 18.4 Å². The summed E-state index contributed by atoms with van der Waals surface area (Å²) in [6.07, 6.45) is 9.73. The number of piperidine rings is 1. The number of hydrogen-bond acceptors (Lipinski definition) is 2. The highest BCUT2D eigenvalue weighted by molar-refractivity contribution is 5.55. The van der Waals surface area contributed by atoms with E-state index in [1.54, 1.807) is 0 Å². The molecule has 116 valence electrons. The van der Waals surface area contributed by atoms with Crippen LogP contribution in [0.4, 0.5) is 11.4 Å². The molecule has 0 unspecified atom stereocenters. The Balaban J connectivity index is 1.48. The molecular formula is C19H30N2. The minimum absolute atomic E-state index is 0.878. The Morgan fingerprint density at radius 1 is 0.952 bits per heavy atom. The Morgan fingerprint density at radius 2 is 1.62 bits per heavy atom. The molecule has 1 saturated heterocycles. The predicted octanol–water partition coefficient (Wildman–Crippen LogP) is 4.92. The monoisotopic (exact) mass is 286 g/mol. The molecule has 3 rings (SSSR count). The first-order valence-electron chi connectivity index (χ1n) is 8.90. The van der Waals surface area contributed by atoms with E-state index in [9.17, 15) is 0 Å². The molecule has 1 aromatic carbocycles. The van der Waals surface area contributed by atoms with Gasteiger partial charge in [-0.1, -0.05) is 19.8 Å². The summed E-state index contributed by atoms with van der Waals surface area (Å²) in [4.78, 5) is 2.52. The molecule has 2 fully saturated rings. The highest BCUT2D eigenvalue weighted by Crippen LogP contribution is 2.28. The van der Waals surface area contributed by atoms with Gasteiger partial charge in [-0.25, -0.2) is 0 Å². The van der Waals surface area contributed by atoms with E-state index in [2.05, 4.69) is 41.4 Å². The average molecular weight is 286 g/mol. The van der Waals surface area contributed by atoms with Gasteiger partial charge in [0.25, 0.3) is 0 Å². The molecule has 0 amide bonds. The third-order valence-electron chi connectivity index (χ3n) is 5.32. The van der Waals surface area contributed by atoms with E-state index in [1.807, 2.05) is 0 Å². The fraction of sp³-hybridized carbons (Fsp3) is 0.684. The number of nitrogens with one attached hydrogen (secondary N) is 1. The molecule has 0 atom stereocenters. The molecule has 2 heteroatoms. The number of anilines is 2. The first-order valence-corrected chi connectivity index (χ1v) is 8.90. The lowest BCUT2D eigenvalue weighted by atomic mass is 9.83. The van der Waals surface area contributed by atoms with Gasteiger partial charge in [0.2, 0.25) is 0 Å². The molecule has 2 aliphatic rings. The molecule has 0 spiro atoms. The topological polar surface area (TPSA) is 15.3 Å². The van der Waals surface area contributed by atoms with Crippen LogP contribution >= 0.6 is 0 Å². The first-order chi connectivity index (χ1) is 10.3. The van der Waals surface area contributed by atoms with E-state index in [-0.39, 0.29) is 0 Å². The van der Waals surface area contributed by atoms with Crippen molar-refractivity contribution in [2.24, 2.45) is 11.8 Å². The van der Waals surface area contributed by atoms with Gasteiger partial charge in [-0.3, -0.25) is 0 Å². The van der Waals surface area contributed by atoms with E-state index < -0.39 is 0 Å². The van der Waals surface area contributed by atoms with Crippen LogP contribution in [0, 0.1) is 11.8 Å². The van der Waals surface area contributed by atoms with Crippen LogP contribution < -0.4 is 10.2 Å². The molecule has 0 bridgehead atoms. The highest BCUT2D eigenvalue weighted by atomic mass is 15.1. The number of nitrogens with zero attached hydrogens (tertiary/aromatic N) is 1. The molecule has 0 aromatic heterocycles. The minimum atomic E-state index is 0.878. The summed E-state index contributed by atoms with van der Waals surface area (Å²) in [6.45, 7) is 6.00. The van der Waals surface area contributed by atoms with Gasteiger partial charge in [0.15, 0.2) is 0 Å². The lowest BCUT2D eigenvalue weighted by molar-refractivity contribution is 0.300. The standard InChI is InChI=1S/C19H30N2/c1-16-5-7-17(8-6-16)15-20-18-9-11-19(12-10-18)21-13-3-2-4-14-21/h9-12,16-17,20H,2-8,13-15H2,1H3. The van der Waals surface area contributed by atoms with E-state index >= 15 is 0 Å². The normalized spacial score (nSPS) is 26.6. The summed E-state index contributed by atoms with van der Waals surface area (Å²) in [6, 6.07) is 9.10. The van der Waals surface area contributed by atoms with Gasteiger partial charge in [0.05, 0.1) is 0 Å². The Hall–Kier alpha value is -1.18. The van der Waals surface area contributed by atoms with Crippen LogP contribution in [0.1, 0.15) is 51.9 Å². The van der Waals surface area contributed by atoms with Crippen molar-refractivity contribution in [3.05, 3.63) is 24.3 Å². The summed E-state index contributed by atoms with van der Waals surface area (Å²) in [5.41, 5.74) is 2.68. The molecule has 0 radical (unpaired) electrons. The van der Waals surface area contributed by atoms with Crippen molar-refractivity contribution in [3.63, 3.8) is 0 Å². The van der Waals surface area contributed by atoms with Crippen LogP contribution in [0.25, 0.3) is 0 Å². The van der Waals surface area contributed by atoms with Crippen molar-refractivity contribution in [3.8, 4) is 0 Å². The summed E-state index contributed by atoms with van der Waals surface area (Å²) in [7, 11) is 0. The largest absolute Gasteiger partial charge is 0.385 e. The van der Waals surface area contributed by atoms with Crippen LogP contribution in [-0.4, -0.2) is 19.6 Å². The van der Waals surface area contributed by atoms with Gasteiger partial charge < -0.3 is 10.2 Å². The predicted molar refractivity (Wildman–Crippen MR) is 92.1 cm³/mol. The lowest BCUT2D eigenvalue weighted by Crippen LogP contribution is -2.29. The lowest BCUT2D eigenvalue weighted by Gasteiger charge is -2.29. The van der Waals surface area contributed by atoms with E-state index in [1.165, 1.54) is 69.4 Å². The number of rotatable bonds is 4. The number of benzene rings is 1. The zero-order valence-electron chi connectivity index (χ0n) is 13.5. The number of hydrogen-bond donors (Lipinski definition) is 1. The fourth-order valence-electron chi connectivity index (χ4n) is 3.74. The summed E-state index contributed by atoms with van der Waals surface area (Å²) in [5, 5.41) is 3.64. The molecule has 1 aliphatic heterocycles. The summed E-state index contributed by atoms with van der Waals surface area (Å²) < 4.78 is 0. The van der Waals surface area contributed by atoms with Crippen molar-refractivity contribution in [2.45, 2.75) is 51.9 Å². The van der Waals surface area contributed by atoms with Crippen molar-refractivity contribution < 1.29 is 0 Å². The quantitative estimate of drug-likeness (QED) is 0.845. The van der Waals surface area contributed by atoms with Crippen LogP contribution in [0.15, 0.2) is 24.3 Å². The molecule has 21 heavy (non-hydrogen) atoms. The van der Waals surface area contributed by atoms with Crippen molar-refractivity contribution in [1.29, 1.82) is 0 Å². The SMILES string of the molecule is CC1CCC(CNc2ccc(N3CCCCC3)cc2)CC1. The first kappa shape index (κ1) is 14.7. The van der Waals surface area contributed by atoms with Gasteiger partial charge >= 0.3 is 0 Å². The molecule has 1 N–H and O–H groups in total. The van der Waals surface area contributed by atoms with Crippen molar-refractivity contribution in [1.82, 2.24) is 0 Å². The average Bonchev–Trinajstić information content (AvgIpc) is 2.56. The maximum atomic E-state index is 3.64. The summed E-state index contributed by atoms with van der Waals surface area (Å²) >= 11 is 0. The minimum Gasteiger partial charge on any atom is -0.385 e. The maximum absolute atomic E-state index is 3.64. The van der Waals surface area contributed by atoms with Gasteiger partial charge in [-0.2, -0.15) is 0 Å². The van der Waals surface area contributed by atoms with Crippen molar-refractivity contribution >= 4 is 11.4 Å². The highest BCUT2D eigenvalue weighted by Gasteiger charge is 2.17. The second-order valence-electron chi connectivity index (χ2n) is 7.10. The Morgan fingerprint density at radius 3 is 2.29 bits per heavy atom. The Bertz CT molecular complexity index is 412. The molecular weight excluding hydrogens is 256 g/mol. The molecule has 2 nitrogen and oxygen atoms in total. The Labute approximate surface area is 129 Å². The van der Waals surface area contributed by atoms with Crippen LogP contribution in [0.3, 0.4) is 0 Å². The molecule has 1 aliphatic carbocycles.